The lowest BCUT2D eigenvalue weighted by atomic mass is 10.1. The van der Waals surface area contributed by atoms with Crippen LogP contribution in [0.4, 0.5) is 21.6 Å². The molecule has 128 valence electrons. The number of aromatic nitrogens is 2. The summed E-state index contributed by atoms with van der Waals surface area (Å²) in [4.78, 5) is 4.60. The SMILES string of the molecule is C[C@H]1CN(c2ccc3c(N)nncc3c2)CCN1c1cccc(F)c1. The molecule has 4 rings (SSSR count). The van der Waals surface area contributed by atoms with E-state index in [0.29, 0.717) is 5.82 Å². The fourth-order valence-corrected chi connectivity index (χ4v) is 3.52. The van der Waals surface area contributed by atoms with E-state index in [9.17, 15) is 4.39 Å². The molecule has 25 heavy (non-hydrogen) atoms. The van der Waals surface area contributed by atoms with E-state index in [4.69, 9.17) is 5.73 Å². The number of nitrogens with two attached hydrogens (primary N) is 1. The molecule has 3 aromatic rings. The molecule has 0 saturated carbocycles. The van der Waals surface area contributed by atoms with Crippen molar-refractivity contribution in [1.82, 2.24) is 10.2 Å². The Labute approximate surface area is 145 Å². The van der Waals surface area contributed by atoms with Gasteiger partial charge < -0.3 is 15.5 Å². The maximum atomic E-state index is 13.5. The van der Waals surface area contributed by atoms with Crippen LogP contribution in [-0.2, 0) is 0 Å². The van der Waals surface area contributed by atoms with Crippen molar-refractivity contribution in [3.05, 3.63) is 54.5 Å². The molecule has 1 fully saturated rings. The van der Waals surface area contributed by atoms with Crippen molar-refractivity contribution in [3.8, 4) is 0 Å². The average Bonchev–Trinajstić information content (AvgIpc) is 2.61. The monoisotopic (exact) mass is 337 g/mol. The molecule has 1 aromatic heterocycles. The van der Waals surface area contributed by atoms with Crippen molar-refractivity contribution in [2.45, 2.75) is 13.0 Å². The molecule has 0 bridgehead atoms. The van der Waals surface area contributed by atoms with Crippen LogP contribution in [0, 0.1) is 5.82 Å². The van der Waals surface area contributed by atoms with E-state index in [2.05, 4.69) is 39.1 Å². The molecule has 2 N–H and O–H groups in total. The Kier molecular flexibility index (Phi) is 3.87. The number of halogens is 1. The van der Waals surface area contributed by atoms with Crippen molar-refractivity contribution in [1.29, 1.82) is 0 Å². The summed E-state index contributed by atoms with van der Waals surface area (Å²) in [6, 6.07) is 13.3. The van der Waals surface area contributed by atoms with Gasteiger partial charge in [0.15, 0.2) is 5.82 Å². The molecular weight excluding hydrogens is 317 g/mol. The van der Waals surface area contributed by atoms with Gasteiger partial charge in [0.1, 0.15) is 5.82 Å². The Morgan fingerprint density at radius 2 is 2.00 bits per heavy atom. The van der Waals surface area contributed by atoms with Gasteiger partial charge in [-0.1, -0.05) is 6.07 Å². The van der Waals surface area contributed by atoms with E-state index in [0.717, 1.165) is 41.8 Å². The predicted octanol–water partition coefficient (Wildman–Crippen LogP) is 3.07. The maximum absolute atomic E-state index is 13.5. The van der Waals surface area contributed by atoms with Crippen LogP contribution in [0.5, 0.6) is 0 Å². The summed E-state index contributed by atoms with van der Waals surface area (Å²) >= 11 is 0. The van der Waals surface area contributed by atoms with Gasteiger partial charge in [0.05, 0.1) is 6.20 Å². The largest absolute Gasteiger partial charge is 0.382 e. The zero-order valence-electron chi connectivity index (χ0n) is 14.1. The Hall–Kier alpha value is -2.89. The summed E-state index contributed by atoms with van der Waals surface area (Å²) in [6.07, 6.45) is 1.74. The van der Waals surface area contributed by atoms with Crippen LogP contribution in [-0.4, -0.2) is 35.9 Å². The van der Waals surface area contributed by atoms with Gasteiger partial charge in [-0.3, -0.25) is 0 Å². The number of nitrogens with zero attached hydrogens (tertiary/aromatic N) is 4. The molecule has 0 radical (unpaired) electrons. The van der Waals surface area contributed by atoms with Crippen molar-refractivity contribution < 1.29 is 4.39 Å². The van der Waals surface area contributed by atoms with E-state index < -0.39 is 0 Å². The molecule has 0 spiro atoms. The van der Waals surface area contributed by atoms with Crippen molar-refractivity contribution in [3.63, 3.8) is 0 Å². The second kappa shape index (κ2) is 6.20. The average molecular weight is 337 g/mol. The highest BCUT2D eigenvalue weighted by Crippen LogP contribution is 2.28. The topological polar surface area (TPSA) is 58.3 Å². The first kappa shape index (κ1) is 15.6. The van der Waals surface area contributed by atoms with Crippen molar-refractivity contribution in [2.24, 2.45) is 0 Å². The quantitative estimate of drug-likeness (QED) is 0.779. The van der Waals surface area contributed by atoms with Crippen LogP contribution in [0.3, 0.4) is 0 Å². The summed E-state index contributed by atoms with van der Waals surface area (Å²) in [7, 11) is 0. The maximum Gasteiger partial charge on any atom is 0.153 e. The first-order valence-corrected chi connectivity index (χ1v) is 8.40. The Balaban J connectivity index is 1.56. The van der Waals surface area contributed by atoms with Gasteiger partial charge in [0, 0.05) is 47.8 Å². The highest BCUT2D eigenvalue weighted by molar-refractivity contribution is 5.92. The molecule has 1 saturated heterocycles. The number of anilines is 3. The second-order valence-corrected chi connectivity index (χ2v) is 6.47. The number of piperazine rings is 1. The predicted molar refractivity (Wildman–Crippen MR) is 99.4 cm³/mol. The molecule has 1 aliphatic heterocycles. The molecule has 6 heteroatoms. The number of hydrogen-bond donors (Lipinski definition) is 1. The zero-order chi connectivity index (χ0) is 17.4. The molecule has 2 aromatic carbocycles. The molecule has 2 heterocycles. The normalized spacial score (nSPS) is 17.9. The van der Waals surface area contributed by atoms with E-state index in [1.807, 2.05) is 12.1 Å². The zero-order valence-corrected chi connectivity index (χ0v) is 14.1. The number of hydrogen-bond acceptors (Lipinski definition) is 5. The minimum absolute atomic E-state index is 0.194. The Bertz CT molecular complexity index is 913. The fraction of sp³-hybridized carbons (Fsp3) is 0.263. The summed E-state index contributed by atoms with van der Waals surface area (Å²) < 4.78 is 13.5. The molecular formula is C19H20FN5. The Morgan fingerprint density at radius 3 is 2.80 bits per heavy atom. The third-order valence-electron chi connectivity index (χ3n) is 4.81. The van der Waals surface area contributed by atoms with Crippen LogP contribution >= 0.6 is 0 Å². The van der Waals surface area contributed by atoms with Gasteiger partial charge in [-0.05, 0) is 43.3 Å². The van der Waals surface area contributed by atoms with Gasteiger partial charge in [-0.2, -0.15) is 5.10 Å². The van der Waals surface area contributed by atoms with Gasteiger partial charge in [-0.15, -0.1) is 5.10 Å². The second-order valence-electron chi connectivity index (χ2n) is 6.47. The van der Waals surface area contributed by atoms with Crippen LogP contribution < -0.4 is 15.5 Å². The summed E-state index contributed by atoms with van der Waals surface area (Å²) in [5.41, 5.74) is 7.96. The lowest BCUT2D eigenvalue weighted by Gasteiger charge is -2.42. The number of benzene rings is 2. The van der Waals surface area contributed by atoms with Crippen molar-refractivity contribution in [2.75, 3.05) is 35.2 Å². The highest BCUT2D eigenvalue weighted by Gasteiger charge is 2.24. The standard InChI is InChI=1S/C19H20FN5/c1-13-12-24(7-8-25(13)17-4-2-3-15(20)10-17)16-5-6-18-14(9-16)11-22-23-19(18)21/h2-6,9-11,13H,7-8,12H2,1H3,(H2,21,23)/t13-/m0/s1. The van der Waals surface area contributed by atoms with E-state index >= 15 is 0 Å². The van der Waals surface area contributed by atoms with Gasteiger partial charge in [-0.25, -0.2) is 4.39 Å². The van der Waals surface area contributed by atoms with E-state index in [1.165, 1.54) is 6.07 Å². The van der Waals surface area contributed by atoms with Crippen LogP contribution in [0.1, 0.15) is 6.92 Å². The molecule has 0 aliphatic carbocycles. The molecule has 1 atom stereocenters. The van der Waals surface area contributed by atoms with Gasteiger partial charge in [0.25, 0.3) is 0 Å². The van der Waals surface area contributed by atoms with Gasteiger partial charge >= 0.3 is 0 Å². The van der Waals surface area contributed by atoms with Gasteiger partial charge in [0.2, 0.25) is 0 Å². The third kappa shape index (κ3) is 2.95. The Morgan fingerprint density at radius 1 is 1.12 bits per heavy atom. The molecule has 0 amide bonds. The molecule has 1 aliphatic rings. The summed E-state index contributed by atoms with van der Waals surface area (Å²) in [5.74, 6) is 0.258. The summed E-state index contributed by atoms with van der Waals surface area (Å²) in [5, 5.41) is 9.74. The van der Waals surface area contributed by atoms with Crippen LogP contribution in [0.15, 0.2) is 48.7 Å². The molecule has 5 nitrogen and oxygen atoms in total. The first-order chi connectivity index (χ1) is 12.1. The number of rotatable bonds is 2. The third-order valence-corrected chi connectivity index (χ3v) is 4.81. The van der Waals surface area contributed by atoms with Crippen molar-refractivity contribution >= 4 is 28.0 Å². The van der Waals surface area contributed by atoms with Crippen LogP contribution in [0.2, 0.25) is 0 Å². The number of fused-ring (bicyclic) bond motifs is 1. The number of nitrogen functional groups attached to an aromatic ring is 1. The first-order valence-electron chi connectivity index (χ1n) is 8.40. The minimum Gasteiger partial charge on any atom is -0.382 e. The lowest BCUT2D eigenvalue weighted by Crippen LogP contribution is -2.52. The minimum atomic E-state index is -0.194. The lowest BCUT2D eigenvalue weighted by molar-refractivity contribution is 0.548. The smallest absolute Gasteiger partial charge is 0.153 e. The summed E-state index contributed by atoms with van der Waals surface area (Å²) in [6.45, 7) is 4.76. The molecule has 0 unspecified atom stereocenters. The highest BCUT2D eigenvalue weighted by atomic mass is 19.1. The van der Waals surface area contributed by atoms with Crippen LogP contribution in [0.25, 0.3) is 10.8 Å². The van der Waals surface area contributed by atoms with E-state index in [-0.39, 0.29) is 11.9 Å². The van der Waals surface area contributed by atoms with E-state index in [1.54, 1.807) is 18.3 Å². The fourth-order valence-electron chi connectivity index (χ4n) is 3.52.